The molecule has 18 heavy (non-hydrogen) atoms. The topological polar surface area (TPSA) is 50.9 Å². The van der Waals surface area contributed by atoms with Crippen molar-refractivity contribution in [3.8, 4) is 0 Å². The molecule has 0 aliphatic heterocycles. The summed E-state index contributed by atoms with van der Waals surface area (Å²) in [7, 11) is 0. The van der Waals surface area contributed by atoms with E-state index in [4.69, 9.17) is 5.73 Å². The van der Waals surface area contributed by atoms with E-state index in [0.717, 1.165) is 17.1 Å². The van der Waals surface area contributed by atoms with E-state index in [2.05, 4.69) is 36.3 Å². The predicted molar refractivity (Wildman–Crippen MR) is 76.3 cm³/mol. The van der Waals surface area contributed by atoms with Crippen molar-refractivity contribution in [2.75, 3.05) is 5.32 Å². The Hall–Kier alpha value is -1.35. The van der Waals surface area contributed by atoms with E-state index >= 15 is 0 Å². The summed E-state index contributed by atoms with van der Waals surface area (Å²) < 4.78 is 0. The second kappa shape index (κ2) is 5.11. The molecule has 0 radical (unpaired) electrons. The first-order chi connectivity index (χ1) is 8.47. The molecule has 3 N–H and O–H groups in total. The average Bonchev–Trinajstić information content (AvgIpc) is 3.08. The minimum absolute atomic E-state index is 0.0447. The number of nitrogens with zero attached hydrogens (tertiary/aromatic N) is 1. The molecule has 1 aromatic heterocycles. The molecule has 0 aromatic carbocycles. The van der Waals surface area contributed by atoms with Gasteiger partial charge in [0, 0.05) is 17.4 Å². The summed E-state index contributed by atoms with van der Waals surface area (Å²) in [5, 5.41) is 3.49. The highest BCUT2D eigenvalue weighted by atomic mass is 15.0. The van der Waals surface area contributed by atoms with Crippen LogP contribution in [0.1, 0.15) is 50.9 Å². The highest BCUT2D eigenvalue weighted by molar-refractivity contribution is 5.48. The van der Waals surface area contributed by atoms with Crippen LogP contribution in [0.15, 0.2) is 23.4 Å². The number of aromatic nitrogens is 1. The van der Waals surface area contributed by atoms with Gasteiger partial charge in [-0.3, -0.25) is 0 Å². The van der Waals surface area contributed by atoms with Gasteiger partial charge in [-0.15, -0.1) is 0 Å². The van der Waals surface area contributed by atoms with Crippen LogP contribution in [-0.2, 0) is 0 Å². The Balaban J connectivity index is 2.26. The van der Waals surface area contributed by atoms with Gasteiger partial charge >= 0.3 is 0 Å². The summed E-state index contributed by atoms with van der Waals surface area (Å²) in [4.78, 5) is 4.55. The molecule has 1 atom stereocenters. The van der Waals surface area contributed by atoms with E-state index in [1.807, 2.05) is 13.8 Å². The van der Waals surface area contributed by atoms with E-state index in [1.54, 1.807) is 0 Å². The standard InChI is InChI=1S/C15H23N3/c1-9(2)15(12-5-6-12)18-14-8-13(11(4)16)7-10(3)17-14/h7-9,11H,5-6,16H2,1-4H3,(H,17,18). The monoisotopic (exact) mass is 245 g/mol. The van der Waals surface area contributed by atoms with Gasteiger partial charge in [0.15, 0.2) is 0 Å². The number of nitrogens with one attached hydrogen (secondary N) is 1. The van der Waals surface area contributed by atoms with Crippen LogP contribution in [0.3, 0.4) is 0 Å². The van der Waals surface area contributed by atoms with Crippen LogP contribution in [0.2, 0.25) is 0 Å². The number of allylic oxidation sites excluding steroid dienone is 2. The van der Waals surface area contributed by atoms with Crippen molar-refractivity contribution in [1.82, 2.24) is 4.98 Å². The van der Waals surface area contributed by atoms with Crippen molar-refractivity contribution in [1.29, 1.82) is 0 Å². The molecule has 0 spiro atoms. The van der Waals surface area contributed by atoms with Gasteiger partial charge in [-0.25, -0.2) is 4.98 Å². The van der Waals surface area contributed by atoms with Gasteiger partial charge in [0.25, 0.3) is 0 Å². The Labute approximate surface area is 109 Å². The van der Waals surface area contributed by atoms with Crippen LogP contribution in [0.25, 0.3) is 0 Å². The van der Waals surface area contributed by atoms with E-state index in [-0.39, 0.29) is 6.04 Å². The molecule has 1 aliphatic rings. The highest BCUT2D eigenvalue weighted by Crippen LogP contribution is 2.35. The maximum absolute atomic E-state index is 5.95. The smallest absolute Gasteiger partial charge is 0.130 e. The summed E-state index contributed by atoms with van der Waals surface area (Å²) in [6, 6.07) is 4.15. The zero-order chi connectivity index (χ0) is 13.3. The number of aryl methyl sites for hydroxylation is 1. The molecule has 0 bridgehead atoms. The minimum Gasteiger partial charge on any atom is -0.344 e. The zero-order valence-electron chi connectivity index (χ0n) is 11.7. The van der Waals surface area contributed by atoms with Gasteiger partial charge in [-0.1, -0.05) is 13.8 Å². The molecule has 1 aliphatic carbocycles. The summed E-state index contributed by atoms with van der Waals surface area (Å²) >= 11 is 0. The number of hydrogen-bond donors (Lipinski definition) is 2. The summed E-state index contributed by atoms with van der Waals surface area (Å²) in [5.74, 6) is 1.44. The number of hydrogen-bond acceptors (Lipinski definition) is 3. The van der Waals surface area contributed by atoms with E-state index in [9.17, 15) is 0 Å². The molecule has 1 unspecified atom stereocenters. The molecule has 1 fully saturated rings. The first-order valence-corrected chi connectivity index (χ1v) is 6.70. The van der Waals surface area contributed by atoms with Gasteiger partial charge in [-0.2, -0.15) is 0 Å². The molecule has 1 aromatic rings. The van der Waals surface area contributed by atoms with E-state index in [0.29, 0.717) is 5.92 Å². The normalized spacial score (nSPS) is 15.8. The third-order valence-electron chi connectivity index (χ3n) is 3.22. The highest BCUT2D eigenvalue weighted by Gasteiger charge is 2.20. The molecule has 0 saturated heterocycles. The molecular weight excluding hydrogens is 222 g/mol. The van der Waals surface area contributed by atoms with Crippen LogP contribution >= 0.6 is 0 Å². The maximum Gasteiger partial charge on any atom is 0.130 e. The van der Waals surface area contributed by atoms with Gasteiger partial charge in [-0.05, 0) is 55.9 Å². The maximum atomic E-state index is 5.95. The van der Waals surface area contributed by atoms with Crippen molar-refractivity contribution in [2.24, 2.45) is 11.7 Å². The fourth-order valence-corrected chi connectivity index (χ4v) is 2.13. The average molecular weight is 245 g/mol. The Morgan fingerprint density at radius 1 is 1.28 bits per heavy atom. The Morgan fingerprint density at radius 2 is 1.94 bits per heavy atom. The van der Waals surface area contributed by atoms with Gasteiger partial charge in [0.1, 0.15) is 5.82 Å². The Morgan fingerprint density at radius 3 is 2.44 bits per heavy atom. The Kier molecular flexibility index (Phi) is 3.71. The molecule has 0 amide bonds. The summed E-state index contributed by atoms with van der Waals surface area (Å²) in [5.41, 5.74) is 11.0. The van der Waals surface area contributed by atoms with E-state index < -0.39 is 0 Å². The number of pyridine rings is 1. The Bertz CT molecular complexity index is 467. The molecule has 2 rings (SSSR count). The van der Waals surface area contributed by atoms with Crippen LogP contribution in [-0.4, -0.2) is 4.98 Å². The summed E-state index contributed by atoms with van der Waals surface area (Å²) in [6.07, 6.45) is 2.46. The quantitative estimate of drug-likeness (QED) is 0.853. The molecule has 98 valence electrons. The lowest BCUT2D eigenvalue weighted by molar-refractivity contribution is 0.766. The van der Waals surface area contributed by atoms with Crippen LogP contribution in [0.5, 0.6) is 0 Å². The second-order valence-corrected chi connectivity index (χ2v) is 5.51. The first kappa shape index (κ1) is 13.1. The number of nitrogens with two attached hydrogens (primary N) is 1. The lowest BCUT2D eigenvalue weighted by Gasteiger charge is -2.16. The lowest BCUT2D eigenvalue weighted by Crippen LogP contribution is -2.11. The molecule has 1 heterocycles. The number of anilines is 1. The largest absolute Gasteiger partial charge is 0.344 e. The fraction of sp³-hybridized carbons (Fsp3) is 0.533. The zero-order valence-corrected chi connectivity index (χ0v) is 11.7. The summed E-state index contributed by atoms with van der Waals surface area (Å²) in [6.45, 7) is 8.45. The van der Waals surface area contributed by atoms with Crippen LogP contribution < -0.4 is 11.1 Å². The number of rotatable bonds is 4. The second-order valence-electron chi connectivity index (χ2n) is 5.51. The van der Waals surface area contributed by atoms with E-state index in [1.165, 1.54) is 24.1 Å². The lowest BCUT2D eigenvalue weighted by atomic mass is 10.1. The molecular formula is C15H23N3. The van der Waals surface area contributed by atoms with Crippen molar-refractivity contribution in [3.05, 3.63) is 34.7 Å². The SMILES string of the molecule is Cc1cc(C(C)N)cc(NC(=C2CC2)C(C)C)n1. The van der Waals surface area contributed by atoms with Gasteiger partial charge in [0.2, 0.25) is 0 Å². The van der Waals surface area contributed by atoms with Gasteiger partial charge in [0.05, 0.1) is 0 Å². The molecule has 3 heteroatoms. The van der Waals surface area contributed by atoms with Gasteiger partial charge < -0.3 is 11.1 Å². The van der Waals surface area contributed by atoms with Crippen molar-refractivity contribution in [2.45, 2.75) is 46.6 Å². The van der Waals surface area contributed by atoms with Crippen molar-refractivity contribution in [3.63, 3.8) is 0 Å². The fourth-order valence-electron chi connectivity index (χ4n) is 2.13. The molecule has 3 nitrogen and oxygen atoms in total. The van der Waals surface area contributed by atoms with Crippen LogP contribution in [0.4, 0.5) is 5.82 Å². The predicted octanol–water partition coefficient (Wildman–Crippen LogP) is 3.53. The molecule has 1 saturated carbocycles. The van der Waals surface area contributed by atoms with Crippen molar-refractivity contribution >= 4 is 5.82 Å². The minimum atomic E-state index is 0.0447. The van der Waals surface area contributed by atoms with Crippen molar-refractivity contribution < 1.29 is 0 Å². The van der Waals surface area contributed by atoms with Crippen LogP contribution in [0, 0.1) is 12.8 Å². The third kappa shape index (κ3) is 3.10. The third-order valence-corrected chi connectivity index (χ3v) is 3.22. The first-order valence-electron chi connectivity index (χ1n) is 6.70.